The molecular formula is C30H20O10. The number of benzene rings is 5. The summed E-state index contributed by atoms with van der Waals surface area (Å²) in [5.74, 6) is -3.67. The highest BCUT2D eigenvalue weighted by molar-refractivity contribution is 6.18. The van der Waals surface area contributed by atoms with Crippen LogP contribution < -0.4 is 5.43 Å². The van der Waals surface area contributed by atoms with Crippen LogP contribution in [0.3, 0.4) is 0 Å². The molecule has 0 unspecified atom stereocenters. The van der Waals surface area contributed by atoms with Crippen LogP contribution >= 0.6 is 0 Å². The Kier molecular flexibility index (Phi) is 5.30. The highest BCUT2D eigenvalue weighted by Gasteiger charge is 2.25. The second-order valence-corrected chi connectivity index (χ2v) is 9.41. The van der Waals surface area contributed by atoms with E-state index in [9.17, 15) is 45.6 Å². The lowest BCUT2D eigenvalue weighted by Gasteiger charge is -2.19. The number of hydrogen-bond donors (Lipinski definition) is 8. The first-order valence-corrected chi connectivity index (χ1v) is 11.9. The zero-order valence-corrected chi connectivity index (χ0v) is 20.4. The van der Waals surface area contributed by atoms with Gasteiger partial charge in [0.25, 0.3) is 5.43 Å². The summed E-state index contributed by atoms with van der Waals surface area (Å²) in [5.41, 5.74) is 0.504. The van der Waals surface area contributed by atoms with Gasteiger partial charge in [0, 0.05) is 40.3 Å². The second kappa shape index (κ2) is 8.63. The Bertz CT molecular complexity index is 2090. The Hall–Kier alpha value is -5.77. The molecule has 10 nitrogen and oxygen atoms in total. The fraction of sp³-hybridized carbons (Fsp3) is 0.0333. The molecule has 0 aliphatic rings. The van der Waals surface area contributed by atoms with Crippen molar-refractivity contribution in [2.24, 2.45) is 0 Å². The molecule has 40 heavy (non-hydrogen) atoms. The summed E-state index contributed by atoms with van der Waals surface area (Å²) in [6.45, 7) is 0. The van der Waals surface area contributed by atoms with E-state index in [1.807, 2.05) is 0 Å². The standard InChI is InChI=1S/C30H20O10/c31-15-3-1-12(20(33)9-15)5-17-26(13-2-4-19(32)21(34)7-13)16-10-24(37)28(38)29(39)27(16)18-6-14-8-22(35)23(36)11-25(14)40-30(17)18/h1-4,6-11,31-37,39H,5H2. The molecule has 1 aromatic heterocycles. The van der Waals surface area contributed by atoms with Crippen LogP contribution in [0.25, 0.3) is 43.8 Å². The maximum atomic E-state index is 12.7. The molecule has 0 atom stereocenters. The van der Waals surface area contributed by atoms with E-state index in [0.717, 1.165) is 12.1 Å². The van der Waals surface area contributed by atoms with Gasteiger partial charge in [-0.3, -0.25) is 4.79 Å². The van der Waals surface area contributed by atoms with Crippen LogP contribution in [0.4, 0.5) is 0 Å². The second-order valence-electron chi connectivity index (χ2n) is 9.41. The lowest BCUT2D eigenvalue weighted by atomic mass is 9.86. The van der Waals surface area contributed by atoms with E-state index < -0.39 is 39.9 Å². The van der Waals surface area contributed by atoms with Gasteiger partial charge in [0.15, 0.2) is 34.5 Å². The largest absolute Gasteiger partial charge is 0.508 e. The van der Waals surface area contributed by atoms with E-state index in [1.54, 1.807) is 0 Å². The van der Waals surface area contributed by atoms with Crippen LogP contribution in [0.5, 0.6) is 46.0 Å². The van der Waals surface area contributed by atoms with Gasteiger partial charge in [0.05, 0.1) is 0 Å². The number of fused-ring (bicyclic) bond motifs is 4. The van der Waals surface area contributed by atoms with E-state index in [4.69, 9.17) is 4.42 Å². The number of hydrogen-bond acceptors (Lipinski definition) is 10. The fourth-order valence-corrected chi connectivity index (χ4v) is 5.02. The third-order valence-corrected chi connectivity index (χ3v) is 6.91. The molecule has 1 heterocycles. The predicted molar refractivity (Wildman–Crippen MR) is 145 cm³/mol. The van der Waals surface area contributed by atoms with Gasteiger partial charge in [0.1, 0.15) is 22.7 Å². The Morgan fingerprint density at radius 2 is 1.35 bits per heavy atom. The van der Waals surface area contributed by atoms with E-state index in [2.05, 4.69) is 0 Å². The van der Waals surface area contributed by atoms with Crippen LogP contribution in [0.2, 0.25) is 0 Å². The molecule has 0 aliphatic carbocycles. The van der Waals surface area contributed by atoms with Crippen LogP contribution in [0, 0.1) is 0 Å². The smallest absolute Gasteiger partial charge is 0.262 e. The zero-order chi connectivity index (χ0) is 28.5. The van der Waals surface area contributed by atoms with Crippen LogP contribution in [-0.4, -0.2) is 40.9 Å². The molecule has 6 aromatic rings. The Labute approximate surface area is 223 Å². The molecule has 0 fully saturated rings. The highest BCUT2D eigenvalue weighted by atomic mass is 16.3. The molecule has 0 saturated heterocycles. The van der Waals surface area contributed by atoms with E-state index in [0.29, 0.717) is 22.1 Å². The molecule has 0 spiro atoms. The lowest BCUT2D eigenvalue weighted by molar-refractivity contribution is 0.404. The zero-order valence-electron chi connectivity index (χ0n) is 20.4. The minimum absolute atomic E-state index is 0.00254. The lowest BCUT2D eigenvalue weighted by Crippen LogP contribution is -2.03. The third kappa shape index (κ3) is 3.70. The number of phenols is 8. The van der Waals surface area contributed by atoms with Gasteiger partial charge in [-0.05, 0) is 58.5 Å². The van der Waals surface area contributed by atoms with Crippen molar-refractivity contribution in [3.63, 3.8) is 0 Å². The van der Waals surface area contributed by atoms with Crippen molar-refractivity contribution in [3.05, 3.63) is 82.0 Å². The first-order chi connectivity index (χ1) is 19.0. The normalized spacial score (nSPS) is 11.5. The molecule has 0 amide bonds. The molecule has 6 rings (SSSR count). The highest BCUT2D eigenvalue weighted by Crippen LogP contribution is 2.47. The molecule has 10 heteroatoms. The van der Waals surface area contributed by atoms with Gasteiger partial charge in [0.2, 0.25) is 0 Å². The van der Waals surface area contributed by atoms with Gasteiger partial charge in [-0.1, -0.05) is 12.1 Å². The summed E-state index contributed by atoms with van der Waals surface area (Å²) in [7, 11) is 0. The minimum atomic E-state index is -1.04. The van der Waals surface area contributed by atoms with Gasteiger partial charge >= 0.3 is 0 Å². The average Bonchev–Trinajstić information content (AvgIpc) is 2.90. The fourth-order valence-electron chi connectivity index (χ4n) is 5.02. The summed E-state index contributed by atoms with van der Waals surface area (Å²) in [5, 5.41) is 82.9. The van der Waals surface area contributed by atoms with Crippen LogP contribution in [0.15, 0.2) is 69.9 Å². The summed E-state index contributed by atoms with van der Waals surface area (Å²) < 4.78 is 6.21. The average molecular weight is 540 g/mol. The molecule has 5 aromatic carbocycles. The predicted octanol–water partition coefficient (Wildman–Crippen LogP) is 5.00. The number of phenolic OH excluding ortho intramolecular Hbond substituents is 8. The molecule has 0 bridgehead atoms. The summed E-state index contributed by atoms with van der Waals surface area (Å²) in [6.07, 6.45) is -0.0464. The van der Waals surface area contributed by atoms with Gasteiger partial charge in [-0.2, -0.15) is 0 Å². The summed E-state index contributed by atoms with van der Waals surface area (Å²) in [4.78, 5) is 12.7. The third-order valence-electron chi connectivity index (χ3n) is 6.91. The maximum Gasteiger partial charge on any atom is 0.262 e. The number of rotatable bonds is 3. The first kappa shape index (κ1) is 24.6. The van der Waals surface area contributed by atoms with Gasteiger partial charge in [-0.25, -0.2) is 0 Å². The molecular weight excluding hydrogens is 520 g/mol. The SMILES string of the molecule is O=c1c(O)cc2c(-c3ccc(O)c(O)c3)c(Cc3ccc(O)cc3O)c3oc4cc(O)c(O)cc4cc3c2c1O. The summed E-state index contributed by atoms with van der Waals surface area (Å²) >= 11 is 0. The van der Waals surface area contributed by atoms with Crippen molar-refractivity contribution in [2.45, 2.75) is 6.42 Å². The molecule has 8 N–H and O–H groups in total. The van der Waals surface area contributed by atoms with Crippen LogP contribution in [0.1, 0.15) is 11.1 Å². The Morgan fingerprint density at radius 3 is 2.08 bits per heavy atom. The monoisotopic (exact) mass is 540 g/mol. The quantitative estimate of drug-likeness (QED) is 0.0860. The van der Waals surface area contributed by atoms with Crippen molar-refractivity contribution in [3.8, 4) is 57.1 Å². The van der Waals surface area contributed by atoms with Gasteiger partial charge < -0.3 is 45.3 Å². The maximum absolute atomic E-state index is 12.7. The molecule has 0 radical (unpaired) electrons. The van der Waals surface area contributed by atoms with Crippen molar-refractivity contribution >= 4 is 32.7 Å². The van der Waals surface area contributed by atoms with Crippen molar-refractivity contribution in [1.29, 1.82) is 0 Å². The van der Waals surface area contributed by atoms with Crippen molar-refractivity contribution < 1.29 is 45.3 Å². The van der Waals surface area contributed by atoms with Crippen LogP contribution in [-0.2, 0) is 6.42 Å². The Morgan fingerprint density at radius 1 is 0.625 bits per heavy atom. The molecule has 200 valence electrons. The van der Waals surface area contributed by atoms with E-state index in [1.165, 1.54) is 48.5 Å². The topological polar surface area (TPSA) is 192 Å². The Balaban J connectivity index is 1.87. The number of aromatic hydroxyl groups is 8. The minimum Gasteiger partial charge on any atom is -0.508 e. The van der Waals surface area contributed by atoms with Crippen molar-refractivity contribution in [2.75, 3.05) is 0 Å². The van der Waals surface area contributed by atoms with E-state index >= 15 is 0 Å². The molecule has 0 aliphatic heterocycles. The van der Waals surface area contributed by atoms with Gasteiger partial charge in [-0.15, -0.1) is 0 Å². The summed E-state index contributed by atoms with van der Waals surface area (Å²) in [6, 6.07) is 13.1. The first-order valence-electron chi connectivity index (χ1n) is 11.9. The van der Waals surface area contributed by atoms with E-state index in [-0.39, 0.29) is 50.8 Å². The van der Waals surface area contributed by atoms with Crippen molar-refractivity contribution in [1.82, 2.24) is 0 Å². The molecule has 0 saturated carbocycles.